The number of hydrogen-bond acceptors (Lipinski definition) is 10. The highest BCUT2D eigenvalue weighted by atomic mass is 32.2. The number of nitrogens with two attached hydrogens (primary N) is 1. The van der Waals surface area contributed by atoms with Crippen LogP contribution in [0.15, 0.2) is 16.4 Å². The van der Waals surface area contributed by atoms with Crippen molar-refractivity contribution in [3.63, 3.8) is 0 Å². The van der Waals surface area contributed by atoms with E-state index in [-0.39, 0.29) is 23.9 Å². The van der Waals surface area contributed by atoms with Gasteiger partial charge in [0.1, 0.15) is 17.1 Å². The van der Waals surface area contributed by atoms with E-state index >= 15 is 0 Å². The SMILES string of the molecule is CSCC(=O)NC1C(=O)N2C(C(=O)O)=C(C(CCNC(N)=O)Sc3nn[nH]n3)CS[C@@H]12. The van der Waals surface area contributed by atoms with Crippen LogP contribution in [0, 0.1) is 0 Å². The molecular weight excluding hydrogens is 468 g/mol. The molecule has 3 rings (SSSR count). The van der Waals surface area contributed by atoms with Crippen LogP contribution >= 0.6 is 35.3 Å². The van der Waals surface area contributed by atoms with E-state index in [0.29, 0.717) is 22.9 Å². The third-order valence-corrected chi connectivity index (χ3v) is 7.50. The second-order valence-corrected chi connectivity index (χ2v) is 9.59. The number of nitrogens with zero attached hydrogens (tertiary/aromatic N) is 4. The van der Waals surface area contributed by atoms with Crippen LogP contribution in [0.3, 0.4) is 0 Å². The van der Waals surface area contributed by atoms with Crippen molar-refractivity contribution >= 4 is 59.1 Å². The molecule has 0 bridgehead atoms. The van der Waals surface area contributed by atoms with Crippen LogP contribution in [0.25, 0.3) is 0 Å². The summed E-state index contributed by atoms with van der Waals surface area (Å²) in [6, 6.07) is -1.46. The molecule has 4 amide bonds. The zero-order chi connectivity index (χ0) is 22.5. The lowest BCUT2D eigenvalue weighted by Crippen LogP contribution is -2.70. The standard InChI is InChI=1S/C15H20N8O5S3/c1-29-5-8(24)18-9-11(25)23-10(13(26)27)6(4-30-12(9)23)7(2-3-17-14(16)28)31-15-19-21-22-20-15/h7,9,12H,2-5H2,1H3,(H,18,24)(H,26,27)(H3,16,17,28)(H,19,20,21,22)/t7?,9?,12-/m0/s1. The Bertz CT molecular complexity index is 895. The first-order valence-corrected chi connectivity index (χ1v) is 12.3. The second-order valence-electron chi connectivity index (χ2n) is 6.45. The van der Waals surface area contributed by atoms with Gasteiger partial charge in [-0.15, -0.1) is 22.0 Å². The number of carboxylic acid groups (broad SMARTS) is 1. The number of carbonyl (C=O) groups excluding carboxylic acids is 3. The lowest BCUT2D eigenvalue weighted by atomic mass is 10.0. The van der Waals surface area contributed by atoms with E-state index in [1.54, 1.807) is 6.26 Å². The minimum absolute atomic E-state index is 0.121. The number of carbonyl (C=O) groups is 4. The van der Waals surface area contributed by atoms with E-state index in [0.717, 1.165) is 0 Å². The van der Waals surface area contributed by atoms with Crippen molar-refractivity contribution < 1.29 is 24.3 Å². The number of aromatic nitrogens is 4. The number of nitrogens with one attached hydrogen (secondary N) is 3. The highest BCUT2D eigenvalue weighted by Gasteiger charge is 2.54. The van der Waals surface area contributed by atoms with Crippen molar-refractivity contribution in [1.82, 2.24) is 36.2 Å². The van der Waals surface area contributed by atoms with Gasteiger partial charge in [0.05, 0.1) is 5.75 Å². The predicted octanol–water partition coefficient (Wildman–Crippen LogP) is -1.18. The Labute approximate surface area is 189 Å². The lowest BCUT2D eigenvalue weighted by molar-refractivity contribution is -0.150. The maximum atomic E-state index is 12.7. The van der Waals surface area contributed by atoms with Crippen molar-refractivity contribution in [2.45, 2.75) is 28.2 Å². The van der Waals surface area contributed by atoms with Gasteiger partial charge < -0.3 is 21.5 Å². The van der Waals surface area contributed by atoms with Crippen LogP contribution in [-0.4, -0.2) is 95.4 Å². The second kappa shape index (κ2) is 10.2. The molecule has 31 heavy (non-hydrogen) atoms. The number of hydrogen-bond donors (Lipinski definition) is 5. The van der Waals surface area contributed by atoms with Gasteiger partial charge in [-0.25, -0.2) is 9.59 Å². The maximum absolute atomic E-state index is 12.7. The average Bonchev–Trinajstić information content (AvgIpc) is 3.23. The zero-order valence-electron chi connectivity index (χ0n) is 16.2. The van der Waals surface area contributed by atoms with E-state index in [2.05, 4.69) is 31.3 Å². The van der Waals surface area contributed by atoms with Crippen molar-refractivity contribution in [3.05, 3.63) is 11.3 Å². The van der Waals surface area contributed by atoms with Gasteiger partial charge in [-0.1, -0.05) is 11.8 Å². The number of carboxylic acids is 1. The molecule has 1 aromatic heterocycles. The minimum atomic E-state index is -1.25. The van der Waals surface area contributed by atoms with Crippen molar-refractivity contribution in [2.24, 2.45) is 5.73 Å². The fraction of sp³-hybridized carbons (Fsp3) is 0.533. The molecule has 3 atom stereocenters. The van der Waals surface area contributed by atoms with E-state index < -0.39 is 34.6 Å². The van der Waals surface area contributed by atoms with Crippen molar-refractivity contribution in [3.8, 4) is 0 Å². The van der Waals surface area contributed by atoms with E-state index in [9.17, 15) is 24.3 Å². The molecule has 6 N–H and O–H groups in total. The molecule has 16 heteroatoms. The third kappa shape index (κ3) is 5.24. The molecule has 1 aromatic rings. The van der Waals surface area contributed by atoms with Gasteiger partial charge in [0.15, 0.2) is 0 Å². The number of H-pyrrole nitrogens is 1. The number of urea groups is 1. The molecule has 2 unspecified atom stereocenters. The average molecular weight is 489 g/mol. The first kappa shape index (κ1) is 23.2. The highest BCUT2D eigenvalue weighted by molar-refractivity contribution is 8.01. The van der Waals surface area contributed by atoms with Crippen molar-refractivity contribution in [2.75, 3.05) is 24.3 Å². The summed E-state index contributed by atoms with van der Waals surface area (Å²) in [6.07, 6.45) is 2.10. The Hall–Kier alpha value is -2.46. The highest BCUT2D eigenvalue weighted by Crippen LogP contribution is 2.44. The first-order valence-electron chi connectivity index (χ1n) is 8.96. The fourth-order valence-electron chi connectivity index (χ4n) is 3.20. The Morgan fingerprint density at radius 3 is 2.84 bits per heavy atom. The number of primary amides is 1. The van der Waals surface area contributed by atoms with E-state index in [1.807, 2.05) is 0 Å². The van der Waals surface area contributed by atoms with Crippen LogP contribution in [-0.2, 0) is 14.4 Å². The summed E-state index contributed by atoms with van der Waals surface area (Å²) in [5, 5.41) is 28.0. The first-order chi connectivity index (χ1) is 14.8. The van der Waals surface area contributed by atoms with Gasteiger partial charge in [-0.05, 0) is 23.5 Å². The Morgan fingerprint density at radius 2 is 2.23 bits per heavy atom. The third-order valence-electron chi connectivity index (χ3n) is 4.46. The van der Waals surface area contributed by atoms with Gasteiger partial charge in [-0.2, -0.15) is 17.0 Å². The quantitative estimate of drug-likeness (QED) is 0.196. The summed E-state index contributed by atoms with van der Waals surface area (Å²) in [5.41, 5.74) is 5.49. The molecule has 168 valence electrons. The van der Waals surface area contributed by atoms with Gasteiger partial charge in [0, 0.05) is 17.5 Å². The number of aromatic amines is 1. The number of tetrazole rings is 1. The van der Waals surface area contributed by atoms with Gasteiger partial charge >= 0.3 is 12.0 Å². The summed E-state index contributed by atoms with van der Waals surface area (Å²) in [5.74, 6) is -1.47. The summed E-state index contributed by atoms with van der Waals surface area (Å²) in [6.45, 7) is 0.191. The molecular formula is C15H20N8O5S3. The molecule has 3 heterocycles. The van der Waals surface area contributed by atoms with Crippen LogP contribution in [0.1, 0.15) is 6.42 Å². The van der Waals surface area contributed by atoms with E-state index in [1.165, 1.54) is 40.2 Å². The summed E-state index contributed by atoms with van der Waals surface area (Å²) >= 11 is 3.87. The minimum Gasteiger partial charge on any atom is -0.477 e. The predicted molar refractivity (Wildman–Crippen MR) is 114 cm³/mol. The molecule has 2 aliphatic heterocycles. The Balaban J connectivity index is 1.84. The fourth-order valence-corrected chi connectivity index (χ4v) is 6.08. The monoisotopic (exact) mass is 488 g/mol. The molecule has 0 aromatic carbocycles. The zero-order valence-corrected chi connectivity index (χ0v) is 18.7. The summed E-state index contributed by atoms with van der Waals surface area (Å²) < 4.78 is 0. The van der Waals surface area contributed by atoms with Crippen LogP contribution in [0.4, 0.5) is 4.79 Å². The summed E-state index contributed by atoms with van der Waals surface area (Å²) in [4.78, 5) is 49.0. The Kier molecular flexibility index (Phi) is 7.66. The van der Waals surface area contributed by atoms with Crippen LogP contribution < -0.4 is 16.4 Å². The number of amides is 4. The normalized spacial score (nSPS) is 21.2. The topological polar surface area (TPSA) is 196 Å². The molecule has 1 saturated heterocycles. The maximum Gasteiger partial charge on any atom is 0.352 e. The van der Waals surface area contributed by atoms with Gasteiger partial charge in [0.25, 0.3) is 5.91 Å². The number of thioether (sulfide) groups is 3. The number of β-lactam (4-membered cyclic amide) rings is 1. The van der Waals surface area contributed by atoms with Crippen LogP contribution in [0.2, 0.25) is 0 Å². The molecule has 1 fully saturated rings. The molecule has 0 aliphatic carbocycles. The molecule has 0 saturated carbocycles. The Morgan fingerprint density at radius 1 is 1.45 bits per heavy atom. The molecule has 0 spiro atoms. The number of aliphatic carboxylic acids is 1. The van der Waals surface area contributed by atoms with Gasteiger partial charge in [0.2, 0.25) is 11.1 Å². The lowest BCUT2D eigenvalue weighted by Gasteiger charge is -2.50. The van der Waals surface area contributed by atoms with E-state index in [4.69, 9.17) is 5.73 Å². The van der Waals surface area contributed by atoms with Crippen LogP contribution in [0.5, 0.6) is 0 Å². The largest absolute Gasteiger partial charge is 0.477 e. The van der Waals surface area contributed by atoms with Crippen molar-refractivity contribution in [1.29, 1.82) is 0 Å². The number of fused-ring (bicyclic) bond motifs is 1. The molecule has 13 nitrogen and oxygen atoms in total. The van der Waals surface area contributed by atoms with Gasteiger partial charge in [-0.3, -0.25) is 14.5 Å². The summed E-state index contributed by atoms with van der Waals surface area (Å²) in [7, 11) is 0. The number of rotatable bonds is 10. The molecule has 2 aliphatic rings. The molecule has 0 radical (unpaired) electrons. The smallest absolute Gasteiger partial charge is 0.352 e.